The van der Waals surface area contributed by atoms with Crippen LogP contribution in [-0.4, -0.2) is 16.4 Å². The van der Waals surface area contributed by atoms with Crippen LogP contribution in [0.25, 0.3) is 0 Å². The Bertz CT molecular complexity index is 512. The molecule has 0 aliphatic carbocycles. The lowest BCUT2D eigenvalue weighted by Crippen LogP contribution is -2.00. The summed E-state index contributed by atoms with van der Waals surface area (Å²) in [6.45, 7) is 0. The number of aldehydes is 1. The Morgan fingerprint density at radius 2 is 2.31 bits per heavy atom. The van der Waals surface area contributed by atoms with Gasteiger partial charge in [0, 0.05) is 0 Å². The normalized spacial score (nSPS) is 12.4. The average molecular weight is 254 g/mol. The molecule has 0 saturated heterocycles. The number of nitrogens with zero attached hydrogens (tertiary/aromatic N) is 1. The molecule has 0 aliphatic rings. The van der Waals surface area contributed by atoms with Crippen LogP contribution in [-0.2, 0) is 0 Å². The predicted molar refractivity (Wildman–Crippen MR) is 63.0 cm³/mol. The quantitative estimate of drug-likeness (QED) is 0.676. The molecule has 0 bridgehead atoms. The van der Waals surface area contributed by atoms with Crippen LogP contribution in [0.1, 0.15) is 27.0 Å². The van der Waals surface area contributed by atoms with Crippen molar-refractivity contribution >= 4 is 29.2 Å². The largest absolute Gasteiger partial charge is 0.382 e. The zero-order chi connectivity index (χ0) is 11.5. The average Bonchev–Trinajstić information content (AvgIpc) is 2.76. The third-order valence-electron chi connectivity index (χ3n) is 2.09. The molecule has 2 heterocycles. The maximum atomic E-state index is 10.5. The number of aliphatic hydroxyl groups excluding tert-OH is 1. The van der Waals surface area contributed by atoms with E-state index < -0.39 is 6.10 Å². The van der Waals surface area contributed by atoms with Gasteiger partial charge in [-0.1, -0.05) is 17.7 Å². The van der Waals surface area contributed by atoms with Crippen LogP contribution >= 0.6 is 22.9 Å². The summed E-state index contributed by atoms with van der Waals surface area (Å²) in [6, 6.07) is 6.70. The minimum absolute atomic E-state index is 0.336. The van der Waals surface area contributed by atoms with E-state index in [9.17, 15) is 9.90 Å². The zero-order valence-corrected chi connectivity index (χ0v) is 9.70. The van der Waals surface area contributed by atoms with Crippen molar-refractivity contribution in [2.45, 2.75) is 6.10 Å². The van der Waals surface area contributed by atoms with Crippen LogP contribution in [0.4, 0.5) is 0 Å². The molecular formula is C11H8ClNO2S. The fourth-order valence-electron chi connectivity index (χ4n) is 1.32. The van der Waals surface area contributed by atoms with Crippen LogP contribution in [0.5, 0.6) is 0 Å². The first kappa shape index (κ1) is 11.3. The molecule has 1 N–H and O–H groups in total. The van der Waals surface area contributed by atoms with Gasteiger partial charge in [0.25, 0.3) is 0 Å². The third kappa shape index (κ3) is 2.29. The number of carbonyl (C=O) groups is 1. The van der Waals surface area contributed by atoms with Gasteiger partial charge in [0.15, 0.2) is 6.29 Å². The predicted octanol–water partition coefficient (Wildman–Crippen LogP) is 2.69. The molecule has 0 fully saturated rings. The van der Waals surface area contributed by atoms with Gasteiger partial charge in [-0.15, -0.1) is 11.3 Å². The third-order valence-corrected chi connectivity index (χ3v) is 3.18. The number of aliphatic hydroxyl groups is 1. The Labute approximate surface area is 101 Å². The van der Waals surface area contributed by atoms with Crippen LogP contribution in [0.3, 0.4) is 0 Å². The van der Waals surface area contributed by atoms with Crippen molar-refractivity contribution in [3.05, 3.63) is 50.9 Å². The minimum atomic E-state index is -0.844. The maximum absolute atomic E-state index is 10.5. The van der Waals surface area contributed by atoms with Crippen LogP contribution in [0.2, 0.25) is 5.15 Å². The van der Waals surface area contributed by atoms with Gasteiger partial charge < -0.3 is 5.11 Å². The Kier molecular flexibility index (Phi) is 3.33. The second-order valence-corrected chi connectivity index (χ2v) is 4.52. The number of aromatic nitrogens is 1. The highest BCUT2D eigenvalue weighted by Crippen LogP contribution is 2.25. The molecule has 1 atom stereocenters. The molecule has 82 valence electrons. The van der Waals surface area contributed by atoms with E-state index in [0.29, 0.717) is 21.3 Å². The molecule has 0 amide bonds. The minimum Gasteiger partial charge on any atom is -0.382 e. The van der Waals surface area contributed by atoms with Gasteiger partial charge in [-0.05, 0) is 29.1 Å². The molecule has 2 rings (SSSR count). The van der Waals surface area contributed by atoms with E-state index in [2.05, 4.69) is 4.98 Å². The van der Waals surface area contributed by atoms with E-state index in [-0.39, 0.29) is 0 Å². The van der Waals surface area contributed by atoms with Crippen LogP contribution in [0.15, 0.2) is 29.6 Å². The number of rotatable bonds is 3. The molecule has 0 spiro atoms. The lowest BCUT2D eigenvalue weighted by molar-refractivity contribution is 0.112. The lowest BCUT2D eigenvalue weighted by atomic mass is 10.1. The van der Waals surface area contributed by atoms with Crippen molar-refractivity contribution in [2.75, 3.05) is 0 Å². The summed E-state index contributed by atoms with van der Waals surface area (Å²) in [5.41, 5.74) is 1.13. The second-order valence-electron chi connectivity index (χ2n) is 3.19. The summed E-state index contributed by atoms with van der Waals surface area (Å²) >= 11 is 7.02. The van der Waals surface area contributed by atoms with Gasteiger partial charge in [-0.3, -0.25) is 4.79 Å². The lowest BCUT2D eigenvalue weighted by Gasteiger charge is -2.07. The van der Waals surface area contributed by atoms with Gasteiger partial charge in [0.2, 0.25) is 0 Å². The van der Waals surface area contributed by atoms with E-state index >= 15 is 0 Å². The Morgan fingerprint density at radius 3 is 2.94 bits per heavy atom. The van der Waals surface area contributed by atoms with Crippen molar-refractivity contribution in [1.82, 2.24) is 4.98 Å². The molecule has 0 saturated carbocycles. The summed E-state index contributed by atoms with van der Waals surface area (Å²) in [4.78, 5) is 15.1. The number of pyridine rings is 1. The molecule has 2 aromatic rings. The summed E-state index contributed by atoms with van der Waals surface area (Å²) < 4.78 is 0. The molecule has 0 radical (unpaired) electrons. The second kappa shape index (κ2) is 4.74. The first-order valence-electron chi connectivity index (χ1n) is 4.55. The van der Waals surface area contributed by atoms with Crippen LogP contribution in [0, 0.1) is 0 Å². The van der Waals surface area contributed by atoms with Crippen molar-refractivity contribution < 1.29 is 9.90 Å². The molecule has 3 nitrogen and oxygen atoms in total. The number of hydrogen-bond donors (Lipinski definition) is 1. The first-order chi connectivity index (χ1) is 7.70. The molecule has 0 aromatic carbocycles. The standard InChI is InChI=1S/C11H8ClNO2S/c12-10-3-1-2-9(13-10)11(15)7-4-8(5-14)16-6-7/h1-6,11,15H/t11-/m1/s1. The highest BCUT2D eigenvalue weighted by molar-refractivity contribution is 7.11. The zero-order valence-electron chi connectivity index (χ0n) is 8.13. The van der Waals surface area contributed by atoms with E-state index in [0.717, 1.165) is 6.29 Å². The van der Waals surface area contributed by atoms with E-state index in [1.165, 1.54) is 11.3 Å². The molecule has 5 heteroatoms. The summed E-state index contributed by atoms with van der Waals surface area (Å²) in [5, 5.41) is 12.1. The van der Waals surface area contributed by atoms with Gasteiger partial charge in [-0.25, -0.2) is 4.98 Å². The van der Waals surface area contributed by atoms with Crippen molar-refractivity contribution in [3.63, 3.8) is 0 Å². The molecule has 2 aromatic heterocycles. The van der Waals surface area contributed by atoms with Gasteiger partial charge in [-0.2, -0.15) is 0 Å². The van der Waals surface area contributed by atoms with E-state index in [1.807, 2.05) is 0 Å². The van der Waals surface area contributed by atoms with E-state index in [4.69, 9.17) is 11.6 Å². The Hall–Kier alpha value is -1.23. The fraction of sp³-hybridized carbons (Fsp3) is 0.0909. The van der Waals surface area contributed by atoms with Crippen molar-refractivity contribution in [1.29, 1.82) is 0 Å². The topological polar surface area (TPSA) is 50.2 Å². The fourth-order valence-corrected chi connectivity index (χ4v) is 2.22. The van der Waals surface area contributed by atoms with Crippen LogP contribution < -0.4 is 0 Å². The smallest absolute Gasteiger partial charge is 0.160 e. The SMILES string of the molecule is O=Cc1cc([C@@H](O)c2cccc(Cl)n2)cs1. The Morgan fingerprint density at radius 1 is 1.50 bits per heavy atom. The number of halogens is 1. The molecule has 16 heavy (non-hydrogen) atoms. The first-order valence-corrected chi connectivity index (χ1v) is 5.80. The highest BCUT2D eigenvalue weighted by Gasteiger charge is 2.13. The highest BCUT2D eigenvalue weighted by atomic mass is 35.5. The Balaban J connectivity index is 2.31. The van der Waals surface area contributed by atoms with E-state index in [1.54, 1.807) is 29.6 Å². The monoisotopic (exact) mass is 253 g/mol. The molecule has 0 aliphatic heterocycles. The number of hydrogen-bond acceptors (Lipinski definition) is 4. The number of carbonyl (C=O) groups excluding carboxylic acids is 1. The van der Waals surface area contributed by atoms with Gasteiger partial charge >= 0.3 is 0 Å². The maximum Gasteiger partial charge on any atom is 0.160 e. The summed E-state index contributed by atoms with van der Waals surface area (Å²) in [6.07, 6.45) is -0.0876. The van der Waals surface area contributed by atoms with Crippen molar-refractivity contribution in [2.24, 2.45) is 0 Å². The van der Waals surface area contributed by atoms with Crippen molar-refractivity contribution in [3.8, 4) is 0 Å². The molecule has 0 unspecified atom stereocenters. The van der Waals surface area contributed by atoms with Gasteiger partial charge in [0.1, 0.15) is 11.3 Å². The number of thiophene rings is 1. The summed E-state index contributed by atoms with van der Waals surface area (Å²) in [7, 11) is 0. The molecular weight excluding hydrogens is 246 g/mol. The summed E-state index contributed by atoms with van der Waals surface area (Å²) in [5.74, 6) is 0. The van der Waals surface area contributed by atoms with Gasteiger partial charge in [0.05, 0.1) is 10.6 Å².